The normalized spacial score (nSPS) is 16.5. The van der Waals surface area contributed by atoms with E-state index in [0.29, 0.717) is 0 Å². The average molecular weight is 598 g/mol. The maximum absolute atomic E-state index is 12.9. The fourth-order valence-corrected chi connectivity index (χ4v) is 7.97. The van der Waals surface area contributed by atoms with Crippen molar-refractivity contribution in [3.8, 4) is 22.3 Å². The zero-order chi connectivity index (χ0) is 23.7. The predicted molar refractivity (Wildman–Crippen MR) is 154 cm³/mol. The van der Waals surface area contributed by atoms with E-state index in [9.17, 15) is 5.11 Å². The van der Waals surface area contributed by atoms with E-state index in [0.717, 1.165) is 47.9 Å². The topological polar surface area (TPSA) is 20.2 Å². The minimum atomic E-state index is -1.30. The van der Waals surface area contributed by atoms with E-state index >= 15 is 0 Å². The van der Waals surface area contributed by atoms with E-state index in [1.807, 2.05) is 30.3 Å². The van der Waals surface area contributed by atoms with E-state index in [2.05, 4.69) is 105 Å². The molecule has 168 valence electrons. The molecule has 35 heavy (non-hydrogen) atoms. The first-order chi connectivity index (χ1) is 17.1. The summed E-state index contributed by atoms with van der Waals surface area (Å²) in [5, 5.41) is 15.3. The Bertz CT molecular complexity index is 1790. The van der Waals surface area contributed by atoms with Crippen LogP contribution in [-0.4, -0.2) is 5.11 Å². The largest absolute Gasteiger partial charge is 0.376 e. The van der Waals surface area contributed by atoms with Gasteiger partial charge in [-0.05, 0) is 41.0 Å². The number of benzene rings is 5. The highest BCUT2D eigenvalue weighted by atomic mass is 79.9. The van der Waals surface area contributed by atoms with Crippen LogP contribution < -0.4 is 0 Å². The fourth-order valence-electron chi connectivity index (χ4n) is 5.54. The zero-order valence-corrected chi connectivity index (χ0v) is 22.4. The summed E-state index contributed by atoms with van der Waals surface area (Å²) < 4.78 is 4.40. The lowest BCUT2D eigenvalue weighted by atomic mass is 9.80. The Hall–Kier alpha value is -2.76. The van der Waals surface area contributed by atoms with Gasteiger partial charge >= 0.3 is 0 Å². The molecule has 1 aliphatic rings. The molecule has 0 amide bonds. The molecular formula is C31H18Br2OS. The Morgan fingerprint density at radius 2 is 1.40 bits per heavy atom. The van der Waals surface area contributed by atoms with Crippen molar-refractivity contribution in [1.29, 1.82) is 0 Å². The first-order valence-corrected chi connectivity index (χ1v) is 13.8. The van der Waals surface area contributed by atoms with E-state index in [1.165, 1.54) is 20.2 Å². The van der Waals surface area contributed by atoms with Gasteiger partial charge < -0.3 is 5.11 Å². The van der Waals surface area contributed by atoms with Gasteiger partial charge in [-0.25, -0.2) is 0 Å². The zero-order valence-electron chi connectivity index (χ0n) is 18.4. The fraction of sp³-hybridized carbons (Fsp3) is 0.0323. The van der Waals surface area contributed by atoms with Crippen LogP contribution in [0.25, 0.3) is 42.4 Å². The molecule has 1 atom stereocenters. The minimum Gasteiger partial charge on any atom is -0.376 e. The molecule has 0 saturated carbocycles. The first kappa shape index (κ1) is 21.5. The molecule has 1 aliphatic carbocycles. The maximum atomic E-state index is 12.9. The van der Waals surface area contributed by atoms with Crippen molar-refractivity contribution in [3.05, 3.63) is 129 Å². The average Bonchev–Trinajstić information content (AvgIpc) is 3.39. The van der Waals surface area contributed by atoms with Gasteiger partial charge in [0, 0.05) is 51.4 Å². The monoisotopic (exact) mass is 596 g/mol. The van der Waals surface area contributed by atoms with Gasteiger partial charge in [-0.1, -0.05) is 111 Å². The number of aliphatic hydroxyl groups is 1. The third-order valence-electron chi connectivity index (χ3n) is 7.03. The van der Waals surface area contributed by atoms with Crippen LogP contribution in [0.3, 0.4) is 0 Å². The SMILES string of the molecule is OC1(c2ccccc2-c2ccccc2)c2cc(Br)ccc2-c2c1cc(Br)c1c2sc2ccccc21. The molecule has 0 spiro atoms. The lowest BCUT2D eigenvalue weighted by Gasteiger charge is -2.29. The van der Waals surface area contributed by atoms with Crippen molar-refractivity contribution in [2.45, 2.75) is 5.60 Å². The van der Waals surface area contributed by atoms with Gasteiger partial charge in [0.25, 0.3) is 0 Å². The third-order valence-corrected chi connectivity index (χ3v) is 9.34. The Morgan fingerprint density at radius 1 is 0.657 bits per heavy atom. The molecule has 0 saturated heterocycles. The summed E-state index contributed by atoms with van der Waals surface area (Å²) in [5.74, 6) is 0. The molecule has 1 unspecified atom stereocenters. The summed E-state index contributed by atoms with van der Waals surface area (Å²) >= 11 is 9.35. The van der Waals surface area contributed by atoms with Crippen molar-refractivity contribution in [2.75, 3.05) is 0 Å². The minimum absolute atomic E-state index is 0.886. The van der Waals surface area contributed by atoms with E-state index in [-0.39, 0.29) is 0 Å². The molecular weight excluding hydrogens is 580 g/mol. The van der Waals surface area contributed by atoms with Crippen LogP contribution >= 0.6 is 43.2 Å². The molecule has 1 aromatic heterocycles. The molecule has 7 rings (SSSR count). The van der Waals surface area contributed by atoms with Crippen LogP contribution in [0.1, 0.15) is 16.7 Å². The molecule has 1 heterocycles. The van der Waals surface area contributed by atoms with Gasteiger partial charge in [-0.15, -0.1) is 11.3 Å². The van der Waals surface area contributed by atoms with Crippen LogP contribution in [-0.2, 0) is 5.60 Å². The van der Waals surface area contributed by atoms with Gasteiger partial charge in [0.2, 0.25) is 0 Å². The summed E-state index contributed by atoms with van der Waals surface area (Å²) in [4.78, 5) is 0. The first-order valence-electron chi connectivity index (χ1n) is 11.4. The van der Waals surface area contributed by atoms with E-state index < -0.39 is 5.60 Å². The van der Waals surface area contributed by atoms with Crippen LogP contribution in [0.5, 0.6) is 0 Å². The Morgan fingerprint density at radius 3 is 2.26 bits per heavy atom. The number of fused-ring (bicyclic) bond motifs is 7. The summed E-state index contributed by atoms with van der Waals surface area (Å²) in [6, 6.07) is 35.5. The lowest BCUT2D eigenvalue weighted by molar-refractivity contribution is 0.131. The highest BCUT2D eigenvalue weighted by Crippen LogP contribution is 2.58. The molecule has 0 aliphatic heterocycles. The summed E-state index contributed by atoms with van der Waals surface area (Å²) in [6.07, 6.45) is 0. The number of hydrogen-bond donors (Lipinski definition) is 1. The Labute approximate surface area is 223 Å². The van der Waals surface area contributed by atoms with Crippen LogP contribution in [0.15, 0.2) is 112 Å². The summed E-state index contributed by atoms with van der Waals surface area (Å²) in [6.45, 7) is 0. The van der Waals surface area contributed by atoms with Gasteiger partial charge in [0.05, 0.1) is 0 Å². The van der Waals surface area contributed by atoms with Crippen molar-refractivity contribution in [1.82, 2.24) is 0 Å². The lowest BCUT2D eigenvalue weighted by Crippen LogP contribution is -2.27. The predicted octanol–water partition coefficient (Wildman–Crippen LogP) is 9.51. The molecule has 0 bridgehead atoms. The third kappa shape index (κ3) is 3.01. The highest BCUT2D eigenvalue weighted by molar-refractivity contribution is 9.11. The van der Waals surface area contributed by atoms with Crippen LogP contribution in [0, 0.1) is 0 Å². The van der Waals surface area contributed by atoms with Crippen molar-refractivity contribution in [2.24, 2.45) is 0 Å². The molecule has 6 aromatic rings. The molecule has 1 nitrogen and oxygen atoms in total. The number of hydrogen-bond acceptors (Lipinski definition) is 2. The smallest absolute Gasteiger partial charge is 0.142 e. The van der Waals surface area contributed by atoms with Gasteiger partial charge in [0.1, 0.15) is 5.60 Å². The Kier molecular flexibility index (Phi) is 4.84. The van der Waals surface area contributed by atoms with Crippen molar-refractivity contribution >= 4 is 63.4 Å². The molecule has 1 N–H and O–H groups in total. The van der Waals surface area contributed by atoms with E-state index in [4.69, 9.17) is 0 Å². The van der Waals surface area contributed by atoms with E-state index in [1.54, 1.807) is 11.3 Å². The van der Waals surface area contributed by atoms with Gasteiger partial charge in [-0.3, -0.25) is 0 Å². The number of halogens is 2. The van der Waals surface area contributed by atoms with Crippen LogP contribution in [0.4, 0.5) is 0 Å². The maximum Gasteiger partial charge on any atom is 0.142 e. The molecule has 5 aromatic carbocycles. The van der Waals surface area contributed by atoms with Gasteiger partial charge in [0.15, 0.2) is 0 Å². The second-order valence-corrected chi connectivity index (χ2v) is 11.7. The Balaban J connectivity index is 1.64. The summed E-state index contributed by atoms with van der Waals surface area (Å²) in [5.41, 5.74) is 5.73. The van der Waals surface area contributed by atoms with Crippen molar-refractivity contribution < 1.29 is 5.11 Å². The second kappa shape index (κ2) is 7.87. The highest BCUT2D eigenvalue weighted by Gasteiger charge is 2.46. The number of thiophene rings is 1. The number of rotatable bonds is 2. The molecule has 0 radical (unpaired) electrons. The molecule has 0 fully saturated rings. The quantitative estimate of drug-likeness (QED) is 0.211. The summed E-state index contributed by atoms with van der Waals surface area (Å²) in [7, 11) is 0. The standard InChI is InChI=1S/C31H18Br2OS/c32-19-14-15-21-24(16-19)31(34,23-12-6-4-10-20(23)18-8-2-1-3-9-18)25-17-26(33)29-22-11-5-7-13-27(22)35-30(29)28(21)25/h1-17,34H. The van der Waals surface area contributed by atoms with Crippen molar-refractivity contribution in [3.63, 3.8) is 0 Å². The van der Waals surface area contributed by atoms with Gasteiger partial charge in [-0.2, -0.15) is 0 Å². The van der Waals surface area contributed by atoms with Crippen LogP contribution in [0.2, 0.25) is 0 Å². The second-order valence-electron chi connectivity index (χ2n) is 8.90. The molecule has 4 heteroatoms.